The van der Waals surface area contributed by atoms with Gasteiger partial charge in [0.1, 0.15) is 5.75 Å². The molecule has 118 valence electrons. The molecule has 0 aliphatic heterocycles. The van der Waals surface area contributed by atoms with Crippen LogP contribution in [0.2, 0.25) is 5.02 Å². The van der Waals surface area contributed by atoms with E-state index in [1.54, 1.807) is 20.9 Å². The second-order valence-corrected chi connectivity index (χ2v) is 5.06. The van der Waals surface area contributed by atoms with Gasteiger partial charge in [0, 0.05) is 12.7 Å². The van der Waals surface area contributed by atoms with E-state index < -0.39 is 12.5 Å². The van der Waals surface area contributed by atoms with Crippen LogP contribution in [0.1, 0.15) is 21.7 Å². The minimum Gasteiger partial charge on any atom is -0.435 e. The number of carbonyl (C=O) groups excluding carboxylic acids is 1. The number of hydrogen-bond donors (Lipinski definition) is 1. The first kappa shape index (κ1) is 16.2. The van der Waals surface area contributed by atoms with Crippen LogP contribution in [-0.2, 0) is 7.05 Å². The number of rotatable bonds is 4. The lowest BCUT2D eigenvalue weighted by Crippen LogP contribution is -2.14. The third-order valence-corrected chi connectivity index (χ3v) is 3.60. The van der Waals surface area contributed by atoms with E-state index in [1.165, 1.54) is 22.9 Å². The molecule has 1 amide bonds. The van der Waals surface area contributed by atoms with Crippen molar-refractivity contribution < 1.29 is 18.3 Å². The van der Waals surface area contributed by atoms with Crippen molar-refractivity contribution in [3.63, 3.8) is 0 Å². The van der Waals surface area contributed by atoms with Gasteiger partial charge in [-0.2, -0.15) is 13.9 Å². The number of anilines is 1. The van der Waals surface area contributed by atoms with Gasteiger partial charge in [0.2, 0.25) is 0 Å². The SMILES string of the molecule is Cc1cc(OC(F)F)ccc1NC(=O)c1nn(C)c(C)c1Cl. The van der Waals surface area contributed by atoms with Gasteiger partial charge in [-0.1, -0.05) is 11.6 Å². The summed E-state index contributed by atoms with van der Waals surface area (Å²) in [7, 11) is 1.68. The number of hydrogen-bond acceptors (Lipinski definition) is 3. The van der Waals surface area contributed by atoms with Crippen LogP contribution in [0.25, 0.3) is 0 Å². The van der Waals surface area contributed by atoms with Crippen LogP contribution < -0.4 is 10.1 Å². The van der Waals surface area contributed by atoms with Crippen molar-refractivity contribution in [1.29, 1.82) is 0 Å². The first-order chi connectivity index (χ1) is 10.3. The largest absolute Gasteiger partial charge is 0.435 e. The molecule has 2 rings (SSSR count). The number of ether oxygens (including phenoxy) is 1. The minimum absolute atomic E-state index is 0.0252. The van der Waals surface area contributed by atoms with Crippen LogP contribution in [0.15, 0.2) is 18.2 Å². The van der Waals surface area contributed by atoms with Gasteiger partial charge in [0.15, 0.2) is 5.69 Å². The number of halogens is 3. The lowest BCUT2D eigenvalue weighted by Gasteiger charge is -2.10. The van der Waals surface area contributed by atoms with E-state index in [1.807, 2.05) is 0 Å². The Balaban J connectivity index is 2.20. The molecule has 0 atom stereocenters. The van der Waals surface area contributed by atoms with E-state index in [9.17, 15) is 13.6 Å². The Morgan fingerprint density at radius 2 is 2.09 bits per heavy atom. The summed E-state index contributed by atoms with van der Waals surface area (Å²) in [5.74, 6) is -0.448. The van der Waals surface area contributed by atoms with Crippen LogP contribution in [0.4, 0.5) is 14.5 Å². The van der Waals surface area contributed by atoms with Crippen LogP contribution in [0.5, 0.6) is 5.75 Å². The Bertz CT molecular complexity index is 716. The fourth-order valence-corrected chi connectivity index (χ4v) is 2.11. The summed E-state index contributed by atoms with van der Waals surface area (Å²) in [6, 6.07) is 4.24. The molecule has 8 heteroatoms. The molecular weight excluding hydrogens is 316 g/mol. The molecule has 0 saturated carbocycles. The van der Waals surface area contributed by atoms with Crippen molar-refractivity contribution in [3.05, 3.63) is 40.2 Å². The summed E-state index contributed by atoms with van der Waals surface area (Å²) in [6.07, 6.45) is 0. The van der Waals surface area contributed by atoms with Crippen LogP contribution in [0.3, 0.4) is 0 Å². The molecule has 1 aromatic carbocycles. The Labute approximate surface area is 130 Å². The highest BCUT2D eigenvalue weighted by Gasteiger charge is 2.19. The van der Waals surface area contributed by atoms with Crippen molar-refractivity contribution in [2.24, 2.45) is 7.05 Å². The topological polar surface area (TPSA) is 56.1 Å². The van der Waals surface area contributed by atoms with E-state index in [4.69, 9.17) is 11.6 Å². The summed E-state index contributed by atoms with van der Waals surface area (Å²) in [5, 5.41) is 6.96. The zero-order valence-corrected chi connectivity index (χ0v) is 12.9. The van der Waals surface area contributed by atoms with Gasteiger partial charge in [-0.25, -0.2) is 0 Å². The summed E-state index contributed by atoms with van der Waals surface area (Å²) >= 11 is 6.05. The molecule has 22 heavy (non-hydrogen) atoms. The molecule has 1 aromatic heterocycles. The summed E-state index contributed by atoms with van der Waals surface area (Å²) in [6.45, 7) is 0.516. The smallest absolute Gasteiger partial charge is 0.387 e. The minimum atomic E-state index is -2.89. The van der Waals surface area contributed by atoms with Gasteiger partial charge >= 0.3 is 6.61 Å². The molecular formula is C14H14ClF2N3O2. The molecule has 0 aliphatic carbocycles. The molecule has 2 aromatic rings. The molecule has 0 saturated heterocycles. The molecule has 1 N–H and O–H groups in total. The lowest BCUT2D eigenvalue weighted by atomic mass is 10.2. The molecule has 0 bridgehead atoms. The number of alkyl halides is 2. The standard InChI is InChI=1S/C14H14ClF2N3O2/c1-7-6-9(22-14(16)17)4-5-10(7)18-13(21)12-11(15)8(2)20(3)19-12/h4-6,14H,1-3H3,(H,18,21). The summed E-state index contributed by atoms with van der Waals surface area (Å²) < 4.78 is 30.1. The highest BCUT2D eigenvalue weighted by molar-refractivity contribution is 6.34. The molecule has 0 aliphatic rings. The Hall–Kier alpha value is -2.15. The molecule has 0 radical (unpaired) electrons. The number of aryl methyl sites for hydroxylation is 2. The molecule has 0 fully saturated rings. The van der Waals surface area contributed by atoms with Crippen LogP contribution in [0, 0.1) is 13.8 Å². The maximum absolute atomic E-state index is 12.2. The van der Waals surface area contributed by atoms with E-state index >= 15 is 0 Å². The molecule has 0 unspecified atom stereocenters. The Morgan fingerprint density at radius 1 is 1.41 bits per heavy atom. The number of amides is 1. The number of carbonyl (C=O) groups is 1. The first-order valence-corrected chi connectivity index (χ1v) is 6.73. The summed E-state index contributed by atoms with van der Waals surface area (Å²) in [4.78, 5) is 12.2. The number of benzene rings is 1. The van der Waals surface area contributed by atoms with Crippen molar-refractivity contribution in [2.45, 2.75) is 20.5 Å². The third kappa shape index (κ3) is 3.36. The highest BCUT2D eigenvalue weighted by atomic mass is 35.5. The monoisotopic (exact) mass is 329 g/mol. The van der Waals surface area contributed by atoms with E-state index in [-0.39, 0.29) is 16.5 Å². The zero-order valence-electron chi connectivity index (χ0n) is 12.2. The molecule has 1 heterocycles. The lowest BCUT2D eigenvalue weighted by molar-refractivity contribution is -0.0498. The van der Waals surface area contributed by atoms with E-state index in [0.717, 1.165) is 0 Å². The van der Waals surface area contributed by atoms with Gasteiger partial charge < -0.3 is 10.1 Å². The van der Waals surface area contributed by atoms with Crippen LogP contribution in [-0.4, -0.2) is 22.3 Å². The highest BCUT2D eigenvalue weighted by Crippen LogP contribution is 2.25. The third-order valence-electron chi connectivity index (χ3n) is 3.15. The van der Waals surface area contributed by atoms with Crippen molar-refractivity contribution >= 4 is 23.2 Å². The number of nitrogens with one attached hydrogen (secondary N) is 1. The zero-order chi connectivity index (χ0) is 16.4. The van der Waals surface area contributed by atoms with Gasteiger partial charge in [0.05, 0.1) is 10.7 Å². The maximum atomic E-state index is 12.2. The quantitative estimate of drug-likeness (QED) is 0.933. The predicted octanol–water partition coefficient (Wildman–Crippen LogP) is 3.54. The fraction of sp³-hybridized carbons (Fsp3) is 0.286. The maximum Gasteiger partial charge on any atom is 0.387 e. The van der Waals surface area contributed by atoms with Crippen LogP contribution >= 0.6 is 11.6 Å². The normalized spacial score (nSPS) is 10.9. The van der Waals surface area contributed by atoms with Gasteiger partial charge in [-0.05, 0) is 37.6 Å². The average molecular weight is 330 g/mol. The Morgan fingerprint density at radius 3 is 2.59 bits per heavy atom. The van der Waals surface area contributed by atoms with Gasteiger partial charge in [-0.3, -0.25) is 9.48 Å². The fourth-order valence-electron chi connectivity index (χ4n) is 1.86. The average Bonchev–Trinajstić information content (AvgIpc) is 2.69. The first-order valence-electron chi connectivity index (χ1n) is 6.35. The second-order valence-electron chi connectivity index (χ2n) is 4.68. The molecule has 5 nitrogen and oxygen atoms in total. The van der Waals surface area contributed by atoms with Crippen molar-refractivity contribution in [3.8, 4) is 5.75 Å². The van der Waals surface area contributed by atoms with Crippen molar-refractivity contribution in [1.82, 2.24) is 9.78 Å². The van der Waals surface area contributed by atoms with E-state index in [2.05, 4.69) is 15.2 Å². The van der Waals surface area contributed by atoms with E-state index in [0.29, 0.717) is 16.9 Å². The predicted molar refractivity (Wildman–Crippen MR) is 78.7 cm³/mol. The van der Waals surface area contributed by atoms with Gasteiger partial charge in [-0.15, -0.1) is 0 Å². The van der Waals surface area contributed by atoms with Crippen molar-refractivity contribution in [2.75, 3.05) is 5.32 Å². The summed E-state index contributed by atoms with van der Waals surface area (Å²) in [5.41, 5.74) is 1.82. The number of aromatic nitrogens is 2. The molecule has 0 spiro atoms. The van der Waals surface area contributed by atoms with Gasteiger partial charge in [0.25, 0.3) is 5.91 Å². The second kappa shape index (κ2) is 6.31. The Kier molecular flexibility index (Phi) is 4.65. The number of nitrogens with zero attached hydrogens (tertiary/aromatic N) is 2.